The van der Waals surface area contributed by atoms with Gasteiger partial charge < -0.3 is 15.8 Å². The summed E-state index contributed by atoms with van der Waals surface area (Å²) in [4.78, 5) is 28.1. The number of pyridine rings is 1. The van der Waals surface area contributed by atoms with Gasteiger partial charge in [0.05, 0.1) is 11.6 Å². The van der Waals surface area contributed by atoms with Crippen LogP contribution in [0, 0.1) is 17.6 Å². The SMILES string of the molecule is NCCCCC(NC(=O)c1cccnc1F)C(=O)COc1c(F)cccc1F. The summed E-state index contributed by atoms with van der Waals surface area (Å²) in [5.74, 6) is -4.99. The van der Waals surface area contributed by atoms with E-state index in [4.69, 9.17) is 10.5 Å². The lowest BCUT2D eigenvalue weighted by Crippen LogP contribution is -2.43. The summed E-state index contributed by atoms with van der Waals surface area (Å²) in [7, 11) is 0. The van der Waals surface area contributed by atoms with Gasteiger partial charge in [0.25, 0.3) is 5.91 Å². The zero-order valence-corrected chi connectivity index (χ0v) is 15.0. The summed E-state index contributed by atoms with van der Waals surface area (Å²) >= 11 is 0. The Balaban J connectivity index is 2.07. The number of rotatable bonds is 10. The number of ether oxygens (including phenoxy) is 1. The number of benzene rings is 1. The molecule has 1 atom stereocenters. The Labute approximate surface area is 159 Å². The summed E-state index contributed by atoms with van der Waals surface area (Å²) in [6.07, 6.45) is 2.51. The normalized spacial score (nSPS) is 11.7. The van der Waals surface area contributed by atoms with E-state index in [-0.39, 0.29) is 12.0 Å². The van der Waals surface area contributed by atoms with Gasteiger partial charge in [-0.15, -0.1) is 0 Å². The molecule has 1 aromatic carbocycles. The molecule has 1 aromatic heterocycles. The van der Waals surface area contributed by atoms with Crippen LogP contribution in [0.15, 0.2) is 36.5 Å². The van der Waals surface area contributed by atoms with Crippen LogP contribution in [0.4, 0.5) is 13.2 Å². The quantitative estimate of drug-likeness (QED) is 0.476. The Morgan fingerprint density at radius 1 is 1.11 bits per heavy atom. The van der Waals surface area contributed by atoms with Crippen molar-refractivity contribution in [2.45, 2.75) is 25.3 Å². The van der Waals surface area contributed by atoms with E-state index >= 15 is 0 Å². The number of Topliss-reactive ketones (excluding diaryl/α,β-unsaturated/α-hetero) is 1. The molecule has 0 spiro atoms. The number of halogens is 3. The highest BCUT2D eigenvalue weighted by molar-refractivity contribution is 5.98. The number of nitrogens with two attached hydrogens (primary N) is 1. The Kier molecular flexibility index (Phi) is 7.94. The minimum absolute atomic E-state index is 0.215. The van der Waals surface area contributed by atoms with Gasteiger partial charge in [-0.3, -0.25) is 9.59 Å². The summed E-state index contributed by atoms with van der Waals surface area (Å²) in [6.45, 7) is -0.274. The fourth-order valence-corrected chi connectivity index (χ4v) is 2.46. The average molecular weight is 395 g/mol. The molecular formula is C19H20F3N3O3. The predicted molar refractivity (Wildman–Crippen MR) is 95.2 cm³/mol. The van der Waals surface area contributed by atoms with Crippen molar-refractivity contribution in [1.29, 1.82) is 0 Å². The first-order valence-corrected chi connectivity index (χ1v) is 8.65. The highest BCUT2D eigenvalue weighted by Gasteiger charge is 2.24. The van der Waals surface area contributed by atoms with Gasteiger partial charge in [0.1, 0.15) is 6.61 Å². The number of para-hydroxylation sites is 1. The molecule has 6 nitrogen and oxygen atoms in total. The molecule has 28 heavy (non-hydrogen) atoms. The Hall–Kier alpha value is -2.94. The maximum Gasteiger partial charge on any atom is 0.256 e. The lowest BCUT2D eigenvalue weighted by molar-refractivity contribution is -0.123. The van der Waals surface area contributed by atoms with E-state index in [1.54, 1.807) is 0 Å². The van der Waals surface area contributed by atoms with Crippen molar-refractivity contribution in [2.24, 2.45) is 5.73 Å². The molecule has 0 bridgehead atoms. The molecule has 0 fully saturated rings. The summed E-state index contributed by atoms with van der Waals surface area (Å²) < 4.78 is 45.9. The van der Waals surface area contributed by atoms with Gasteiger partial charge in [-0.25, -0.2) is 13.8 Å². The van der Waals surface area contributed by atoms with Crippen LogP contribution in [0.2, 0.25) is 0 Å². The molecule has 3 N–H and O–H groups in total. The lowest BCUT2D eigenvalue weighted by atomic mass is 10.0. The Bertz CT molecular complexity index is 813. The number of amides is 1. The Morgan fingerprint density at radius 3 is 2.46 bits per heavy atom. The van der Waals surface area contributed by atoms with Crippen molar-refractivity contribution in [2.75, 3.05) is 13.2 Å². The van der Waals surface area contributed by atoms with Gasteiger partial charge in [0.2, 0.25) is 5.95 Å². The van der Waals surface area contributed by atoms with Crippen LogP contribution in [0.5, 0.6) is 5.75 Å². The molecule has 1 heterocycles. The second-order valence-corrected chi connectivity index (χ2v) is 5.96. The van der Waals surface area contributed by atoms with Gasteiger partial charge in [-0.2, -0.15) is 4.39 Å². The van der Waals surface area contributed by atoms with Crippen molar-refractivity contribution < 1.29 is 27.5 Å². The van der Waals surface area contributed by atoms with Crippen LogP contribution in [0.25, 0.3) is 0 Å². The van der Waals surface area contributed by atoms with Gasteiger partial charge in [-0.1, -0.05) is 6.07 Å². The van der Waals surface area contributed by atoms with E-state index in [0.29, 0.717) is 19.4 Å². The van der Waals surface area contributed by atoms with E-state index in [0.717, 1.165) is 18.2 Å². The number of carbonyl (C=O) groups excluding carboxylic acids is 2. The van der Waals surface area contributed by atoms with Crippen LogP contribution < -0.4 is 15.8 Å². The summed E-state index contributed by atoms with van der Waals surface area (Å²) in [5.41, 5.74) is 5.11. The largest absolute Gasteiger partial charge is 0.480 e. The molecule has 0 radical (unpaired) electrons. The van der Waals surface area contributed by atoms with Gasteiger partial charge in [0.15, 0.2) is 23.2 Å². The number of ketones is 1. The molecule has 0 saturated heterocycles. The smallest absolute Gasteiger partial charge is 0.256 e. The highest BCUT2D eigenvalue weighted by Crippen LogP contribution is 2.21. The first-order valence-electron chi connectivity index (χ1n) is 8.65. The van der Waals surface area contributed by atoms with Crippen LogP contribution in [-0.2, 0) is 4.79 Å². The number of hydrogen-bond donors (Lipinski definition) is 2. The fraction of sp³-hybridized carbons (Fsp3) is 0.316. The third kappa shape index (κ3) is 5.78. The van der Waals surface area contributed by atoms with Gasteiger partial charge in [0, 0.05) is 6.20 Å². The van der Waals surface area contributed by atoms with Gasteiger partial charge >= 0.3 is 0 Å². The molecule has 9 heteroatoms. The molecule has 2 rings (SSSR count). The highest BCUT2D eigenvalue weighted by atomic mass is 19.1. The summed E-state index contributed by atoms with van der Waals surface area (Å²) in [6, 6.07) is 4.73. The number of nitrogens with one attached hydrogen (secondary N) is 1. The minimum atomic E-state index is -1.03. The zero-order valence-electron chi connectivity index (χ0n) is 15.0. The van der Waals surface area contributed by atoms with Crippen molar-refractivity contribution in [3.05, 3.63) is 59.7 Å². The molecule has 0 aliphatic carbocycles. The molecular weight excluding hydrogens is 375 g/mol. The third-order valence-electron chi connectivity index (χ3n) is 3.92. The van der Waals surface area contributed by atoms with Crippen LogP contribution in [-0.4, -0.2) is 35.9 Å². The summed E-state index contributed by atoms with van der Waals surface area (Å²) in [5, 5.41) is 2.42. The van der Waals surface area contributed by atoms with Crippen molar-refractivity contribution in [1.82, 2.24) is 10.3 Å². The van der Waals surface area contributed by atoms with E-state index < -0.39 is 47.7 Å². The molecule has 0 aliphatic heterocycles. The van der Waals surface area contributed by atoms with Crippen molar-refractivity contribution in [3.63, 3.8) is 0 Å². The second-order valence-electron chi connectivity index (χ2n) is 5.96. The first kappa shape index (κ1) is 21.4. The van der Waals surface area contributed by atoms with Gasteiger partial charge in [-0.05, 0) is 50.1 Å². The number of nitrogens with zero attached hydrogens (tertiary/aromatic N) is 1. The van der Waals surface area contributed by atoms with E-state index in [9.17, 15) is 22.8 Å². The second kappa shape index (κ2) is 10.4. The maximum absolute atomic E-state index is 13.7. The predicted octanol–water partition coefficient (Wildman–Crippen LogP) is 2.37. The zero-order chi connectivity index (χ0) is 20.5. The minimum Gasteiger partial charge on any atom is -0.480 e. The standard InChI is InChI=1S/C19H20F3N3O3/c20-13-6-3-7-14(21)17(13)28-11-16(26)15(8-1-2-9-23)25-19(27)12-5-4-10-24-18(12)22/h3-7,10,15H,1-2,8-9,11,23H2,(H,25,27). The number of aromatic nitrogens is 1. The van der Waals surface area contributed by atoms with Crippen LogP contribution >= 0.6 is 0 Å². The molecule has 1 amide bonds. The van der Waals surface area contributed by atoms with E-state index in [2.05, 4.69) is 10.3 Å². The Morgan fingerprint density at radius 2 is 1.82 bits per heavy atom. The van der Waals surface area contributed by atoms with E-state index in [1.165, 1.54) is 18.3 Å². The van der Waals surface area contributed by atoms with Crippen LogP contribution in [0.1, 0.15) is 29.6 Å². The molecule has 0 saturated carbocycles. The van der Waals surface area contributed by atoms with Crippen molar-refractivity contribution in [3.8, 4) is 5.75 Å². The number of hydrogen-bond acceptors (Lipinski definition) is 5. The molecule has 2 aromatic rings. The van der Waals surface area contributed by atoms with Crippen molar-refractivity contribution >= 4 is 11.7 Å². The first-order chi connectivity index (χ1) is 13.4. The topological polar surface area (TPSA) is 94.3 Å². The third-order valence-corrected chi connectivity index (χ3v) is 3.92. The average Bonchev–Trinajstić information content (AvgIpc) is 2.67. The number of carbonyl (C=O) groups is 2. The molecule has 150 valence electrons. The van der Waals surface area contributed by atoms with E-state index in [1.807, 2.05) is 0 Å². The fourth-order valence-electron chi connectivity index (χ4n) is 2.46. The van der Waals surface area contributed by atoms with Crippen LogP contribution in [0.3, 0.4) is 0 Å². The molecule has 1 unspecified atom stereocenters. The maximum atomic E-state index is 13.7. The molecule has 0 aliphatic rings. The number of unbranched alkanes of at least 4 members (excludes halogenated alkanes) is 1. The lowest BCUT2D eigenvalue weighted by Gasteiger charge is -2.18. The monoisotopic (exact) mass is 395 g/mol.